The largest absolute Gasteiger partial charge is 0.478 e. The number of hydrogen-bond acceptors (Lipinski definition) is 2. The Labute approximate surface area is 125 Å². The van der Waals surface area contributed by atoms with Gasteiger partial charge in [0.25, 0.3) is 0 Å². The van der Waals surface area contributed by atoms with Gasteiger partial charge in [0, 0.05) is 6.54 Å². The van der Waals surface area contributed by atoms with Crippen LogP contribution >= 0.6 is 0 Å². The lowest BCUT2D eigenvalue weighted by Crippen LogP contribution is -2.26. The molecule has 1 saturated carbocycles. The van der Waals surface area contributed by atoms with Gasteiger partial charge in [0.1, 0.15) is 0 Å². The lowest BCUT2D eigenvalue weighted by Gasteiger charge is -2.09. The Hall–Kier alpha value is -1.84. The van der Waals surface area contributed by atoms with Gasteiger partial charge in [0.15, 0.2) is 0 Å². The molecule has 1 aliphatic carbocycles. The van der Waals surface area contributed by atoms with Crippen molar-refractivity contribution in [2.24, 2.45) is 5.92 Å². The Morgan fingerprint density at radius 1 is 1.14 bits per heavy atom. The second-order valence-electron chi connectivity index (χ2n) is 5.82. The van der Waals surface area contributed by atoms with E-state index >= 15 is 0 Å². The summed E-state index contributed by atoms with van der Waals surface area (Å²) in [6.07, 6.45) is 8.01. The minimum Gasteiger partial charge on any atom is -0.478 e. The first-order valence-electron chi connectivity index (χ1n) is 7.74. The molecule has 0 aliphatic heterocycles. The molecular weight excluding hydrogens is 266 g/mol. The molecule has 1 aromatic carbocycles. The molecular formula is C17H23NO3. The number of nitrogens with one attached hydrogen (secondary N) is 1. The van der Waals surface area contributed by atoms with E-state index < -0.39 is 5.97 Å². The molecule has 4 nitrogen and oxygen atoms in total. The molecule has 0 aromatic heterocycles. The van der Waals surface area contributed by atoms with Gasteiger partial charge in [-0.1, -0.05) is 37.8 Å². The van der Waals surface area contributed by atoms with Gasteiger partial charge in [-0.25, -0.2) is 4.79 Å². The molecule has 0 radical (unpaired) electrons. The summed E-state index contributed by atoms with van der Waals surface area (Å²) in [5.74, 6) is -0.0760. The Morgan fingerprint density at radius 3 is 2.43 bits per heavy atom. The molecule has 0 heterocycles. The van der Waals surface area contributed by atoms with Crippen molar-refractivity contribution in [3.8, 4) is 0 Å². The Morgan fingerprint density at radius 2 is 1.81 bits per heavy atom. The molecule has 0 bridgehead atoms. The predicted molar refractivity (Wildman–Crippen MR) is 81.3 cm³/mol. The van der Waals surface area contributed by atoms with E-state index in [0.717, 1.165) is 24.4 Å². The third kappa shape index (κ3) is 5.21. The van der Waals surface area contributed by atoms with E-state index in [4.69, 9.17) is 5.11 Å². The number of benzene rings is 1. The highest BCUT2D eigenvalue weighted by Gasteiger charge is 2.14. The molecule has 0 unspecified atom stereocenters. The van der Waals surface area contributed by atoms with E-state index in [1.807, 2.05) is 0 Å². The van der Waals surface area contributed by atoms with Crippen LogP contribution in [-0.2, 0) is 11.2 Å². The first-order valence-corrected chi connectivity index (χ1v) is 7.74. The van der Waals surface area contributed by atoms with Crippen molar-refractivity contribution in [3.05, 3.63) is 35.4 Å². The number of carboxylic acids is 1. The normalized spacial score (nSPS) is 15.0. The van der Waals surface area contributed by atoms with E-state index in [0.29, 0.717) is 6.42 Å². The lowest BCUT2D eigenvalue weighted by atomic mass is 10.0. The van der Waals surface area contributed by atoms with Crippen LogP contribution in [0.4, 0.5) is 0 Å². The quantitative estimate of drug-likeness (QED) is 0.758. The minimum absolute atomic E-state index is 0.00416. The smallest absolute Gasteiger partial charge is 0.335 e. The van der Waals surface area contributed by atoms with Crippen molar-refractivity contribution in [1.82, 2.24) is 5.32 Å². The standard InChI is InChI=1S/C17H23NO3/c19-16(18-11-3-6-13-4-1-2-5-13)12-14-7-9-15(10-8-14)17(20)21/h7-10,13H,1-6,11-12H2,(H,18,19)(H,20,21). The Bertz CT molecular complexity index is 475. The van der Waals surface area contributed by atoms with Crippen LogP contribution in [0, 0.1) is 5.92 Å². The van der Waals surface area contributed by atoms with Crippen molar-refractivity contribution in [2.45, 2.75) is 44.9 Å². The molecule has 4 heteroatoms. The number of amides is 1. The summed E-state index contributed by atoms with van der Waals surface area (Å²) in [4.78, 5) is 22.5. The topological polar surface area (TPSA) is 66.4 Å². The summed E-state index contributed by atoms with van der Waals surface area (Å²) < 4.78 is 0. The van der Waals surface area contributed by atoms with Gasteiger partial charge < -0.3 is 10.4 Å². The van der Waals surface area contributed by atoms with Gasteiger partial charge in [-0.05, 0) is 36.5 Å². The minimum atomic E-state index is -0.946. The fraction of sp³-hybridized carbons (Fsp3) is 0.529. The third-order valence-corrected chi connectivity index (χ3v) is 4.15. The van der Waals surface area contributed by atoms with Crippen LogP contribution in [-0.4, -0.2) is 23.5 Å². The lowest BCUT2D eigenvalue weighted by molar-refractivity contribution is -0.120. The van der Waals surface area contributed by atoms with E-state index in [1.165, 1.54) is 44.2 Å². The van der Waals surface area contributed by atoms with E-state index in [-0.39, 0.29) is 11.5 Å². The van der Waals surface area contributed by atoms with Gasteiger partial charge in [0.2, 0.25) is 5.91 Å². The average Bonchev–Trinajstić information content (AvgIpc) is 2.97. The molecule has 1 aromatic rings. The predicted octanol–water partition coefficient (Wildman–Crippen LogP) is 3.01. The maximum absolute atomic E-state index is 11.8. The molecule has 0 spiro atoms. The zero-order chi connectivity index (χ0) is 15.1. The van der Waals surface area contributed by atoms with Crippen molar-refractivity contribution >= 4 is 11.9 Å². The number of aromatic carboxylic acids is 1. The van der Waals surface area contributed by atoms with Gasteiger partial charge in [-0.2, -0.15) is 0 Å². The zero-order valence-corrected chi connectivity index (χ0v) is 12.3. The van der Waals surface area contributed by atoms with Crippen molar-refractivity contribution in [3.63, 3.8) is 0 Å². The maximum atomic E-state index is 11.8. The maximum Gasteiger partial charge on any atom is 0.335 e. The first-order chi connectivity index (χ1) is 10.1. The molecule has 1 fully saturated rings. The van der Waals surface area contributed by atoms with Crippen LogP contribution in [0.1, 0.15) is 54.4 Å². The summed E-state index contributed by atoms with van der Waals surface area (Å²) in [5.41, 5.74) is 1.09. The summed E-state index contributed by atoms with van der Waals surface area (Å²) in [5, 5.41) is 11.7. The zero-order valence-electron chi connectivity index (χ0n) is 12.3. The summed E-state index contributed by atoms with van der Waals surface area (Å²) in [6, 6.07) is 6.46. The first kappa shape index (κ1) is 15.5. The highest BCUT2D eigenvalue weighted by atomic mass is 16.4. The molecule has 0 atom stereocenters. The fourth-order valence-electron chi connectivity index (χ4n) is 2.93. The van der Waals surface area contributed by atoms with Crippen molar-refractivity contribution in [1.29, 1.82) is 0 Å². The summed E-state index contributed by atoms with van der Waals surface area (Å²) in [7, 11) is 0. The molecule has 21 heavy (non-hydrogen) atoms. The van der Waals surface area contributed by atoms with Gasteiger partial charge in [-0.15, -0.1) is 0 Å². The second-order valence-corrected chi connectivity index (χ2v) is 5.82. The third-order valence-electron chi connectivity index (χ3n) is 4.15. The fourth-order valence-corrected chi connectivity index (χ4v) is 2.93. The number of carboxylic acid groups (broad SMARTS) is 1. The van der Waals surface area contributed by atoms with Crippen molar-refractivity contribution < 1.29 is 14.7 Å². The number of rotatable bonds is 7. The Kier molecular flexibility index (Phi) is 5.78. The number of hydrogen-bond donors (Lipinski definition) is 2. The highest BCUT2D eigenvalue weighted by molar-refractivity contribution is 5.87. The van der Waals surface area contributed by atoms with Crippen LogP contribution in [0.2, 0.25) is 0 Å². The molecule has 1 aliphatic rings. The van der Waals surface area contributed by atoms with Crippen LogP contribution in [0.5, 0.6) is 0 Å². The van der Waals surface area contributed by atoms with Gasteiger partial charge in [-0.3, -0.25) is 4.79 Å². The SMILES string of the molecule is O=C(Cc1ccc(C(=O)O)cc1)NCCCC1CCCC1. The molecule has 2 N–H and O–H groups in total. The van der Waals surface area contributed by atoms with Crippen LogP contribution in [0.25, 0.3) is 0 Å². The van der Waals surface area contributed by atoms with Gasteiger partial charge >= 0.3 is 5.97 Å². The van der Waals surface area contributed by atoms with E-state index in [2.05, 4.69) is 5.32 Å². The molecule has 0 saturated heterocycles. The van der Waals surface area contributed by atoms with Crippen LogP contribution in [0.3, 0.4) is 0 Å². The molecule has 2 rings (SSSR count). The van der Waals surface area contributed by atoms with Crippen LogP contribution < -0.4 is 5.32 Å². The second kappa shape index (κ2) is 7.81. The average molecular weight is 289 g/mol. The highest BCUT2D eigenvalue weighted by Crippen LogP contribution is 2.28. The van der Waals surface area contributed by atoms with E-state index in [1.54, 1.807) is 12.1 Å². The monoisotopic (exact) mass is 289 g/mol. The molecule has 1 amide bonds. The summed E-state index contributed by atoms with van der Waals surface area (Å²) >= 11 is 0. The van der Waals surface area contributed by atoms with Gasteiger partial charge in [0.05, 0.1) is 12.0 Å². The van der Waals surface area contributed by atoms with Crippen LogP contribution in [0.15, 0.2) is 24.3 Å². The number of carbonyl (C=O) groups excluding carboxylic acids is 1. The molecule has 114 valence electrons. The van der Waals surface area contributed by atoms with E-state index in [9.17, 15) is 9.59 Å². The number of carbonyl (C=O) groups is 2. The van der Waals surface area contributed by atoms with Crippen molar-refractivity contribution in [2.75, 3.05) is 6.54 Å². The summed E-state index contributed by atoms with van der Waals surface area (Å²) in [6.45, 7) is 0.739. The Balaban J connectivity index is 1.65.